The predicted molar refractivity (Wildman–Crippen MR) is 72.6 cm³/mol. The first-order valence-electron chi connectivity index (χ1n) is 6.25. The molecule has 0 N–H and O–H groups in total. The van der Waals surface area contributed by atoms with Gasteiger partial charge in [0.1, 0.15) is 0 Å². The number of oxazole rings is 1. The van der Waals surface area contributed by atoms with Crippen molar-refractivity contribution in [2.24, 2.45) is 7.05 Å². The molecule has 3 aromatic rings. The van der Waals surface area contributed by atoms with E-state index in [1.165, 1.54) is 16.7 Å². The van der Waals surface area contributed by atoms with Crippen LogP contribution in [-0.4, -0.2) is 9.97 Å². The summed E-state index contributed by atoms with van der Waals surface area (Å²) in [5.74, 6) is 0.797. The van der Waals surface area contributed by atoms with Gasteiger partial charge in [0.25, 0.3) is 5.89 Å². The van der Waals surface area contributed by atoms with E-state index in [0.717, 1.165) is 17.1 Å². The van der Waals surface area contributed by atoms with E-state index in [0.29, 0.717) is 5.71 Å². The normalized spacial score (nSPS) is 11.2. The second-order valence-electron chi connectivity index (χ2n) is 4.91. The molecule has 0 unspecified atom stereocenters. The Morgan fingerprint density at radius 2 is 1.79 bits per heavy atom. The summed E-state index contributed by atoms with van der Waals surface area (Å²) in [6, 6.07) is 4.32. The van der Waals surface area contributed by atoms with E-state index in [-0.39, 0.29) is 0 Å². The molecule has 2 heterocycles. The van der Waals surface area contributed by atoms with Crippen molar-refractivity contribution in [1.29, 1.82) is 0 Å². The van der Waals surface area contributed by atoms with Gasteiger partial charge in [0.15, 0.2) is 6.20 Å². The minimum atomic E-state index is 0.568. The first kappa shape index (κ1) is 11.8. The average Bonchev–Trinajstić information content (AvgIpc) is 2.72. The number of aryl methyl sites for hydroxylation is 3. The van der Waals surface area contributed by atoms with Gasteiger partial charge in [0, 0.05) is 0 Å². The second-order valence-corrected chi connectivity index (χ2v) is 4.91. The molecule has 0 aliphatic heterocycles. The van der Waals surface area contributed by atoms with Crippen LogP contribution in [-0.2, 0) is 7.05 Å². The van der Waals surface area contributed by atoms with Gasteiger partial charge in [0.05, 0.1) is 18.8 Å². The summed E-state index contributed by atoms with van der Waals surface area (Å²) < 4.78 is 7.81. The van der Waals surface area contributed by atoms with Gasteiger partial charge in [-0.25, -0.2) is 4.98 Å². The molecule has 0 radical (unpaired) electrons. The van der Waals surface area contributed by atoms with Crippen LogP contribution in [0.2, 0.25) is 0 Å². The van der Waals surface area contributed by atoms with Gasteiger partial charge in [-0.3, -0.25) is 0 Å². The average molecular weight is 254 g/mol. The predicted octanol–water partition coefficient (Wildman–Crippen LogP) is 2.64. The molecule has 0 bridgehead atoms. The van der Waals surface area contributed by atoms with Crippen LogP contribution in [0, 0.1) is 20.8 Å². The van der Waals surface area contributed by atoms with Gasteiger partial charge in [-0.05, 0) is 48.5 Å². The molecule has 1 aromatic carbocycles. The molecule has 4 heteroatoms. The van der Waals surface area contributed by atoms with Crippen LogP contribution in [0.1, 0.15) is 16.7 Å². The summed E-state index contributed by atoms with van der Waals surface area (Å²) in [5, 5.41) is 0. The summed E-state index contributed by atoms with van der Waals surface area (Å²) in [4.78, 5) is 8.52. The molecule has 0 fully saturated rings. The molecule has 19 heavy (non-hydrogen) atoms. The van der Waals surface area contributed by atoms with Gasteiger partial charge in [-0.15, -0.1) is 0 Å². The second kappa shape index (κ2) is 4.16. The Balaban J connectivity index is 2.33. The Hall–Kier alpha value is -2.23. The standard InChI is InChI=1S/C15H16N3O/c1-9-7-10(2)11(3)12(8-9)15-18(4)13-14(19-15)17-6-5-16-13/h5-8H,1-4H3/q+1. The summed E-state index contributed by atoms with van der Waals surface area (Å²) in [6.45, 7) is 6.32. The summed E-state index contributed by atoms with van der Waals surface area (Å²) in [6.07, 6.45) is 3.32. The zero-order chi connectivity index (χ0) is 13.6. The Morgan fingerprint density at radius 3 is 2.53 bits per heavy atom. The van der Waals surface area contributed by atoms with Crippen LogP contribution >= 0.6 is 0 Å². The number of rotatable bonds is 1. The molecule has 2 aromatic heterocycles. The largest absolute Gasteiger partial charge is 0.395 e. The lowest BCUT2D eigenvalue weighted by atomic mass is 10.00. The summed E-state index contributed by atoms with van der Waals surface area (Å²) in [5.41, 5.74) is 6.13. The van der Waals surface area contributed by atoms with Crippen molar-refractivity contribution in [1.82, 2.24) is 9.97 Å². The SMILES string of the molecule is Cc1cc(C)c(C)c(-c2oc3nccnc3[n+]2C)c1. The quantitative estimate of drug-likeness (QED) is 0.627. The number of hydrogen-bond acceptors (Lipinski definition) is 3. The van der Waals surface area contributed by atoms with E-state index in [2.05, 4.69) is 42.9 Å². The molecule has 0 aliphatic carbocycles. The zero-order valence-electron chi connectivity index (χ0n) is 11.6. The molecular formula is C15H16N3O+. The lowest BCUT2D eigenvalue weighted by Gasteiger charge is -2.07. The molecule has 0 saturated carbocycles. The highest BCUT2D eigenvalue weighted by Crippen LogP contribution is 2.26. The highest BCUT2D eigenvalue weighted by molar-refractivity contribution is 5.66. The van der Waals surface area contributed by atoms with E-state index < -0.39 is 0 Å². The minimum Gasteiger partial charge on any atom is -0.395 e. The van der Waals surface area contributed by atoms with Crippen LogP contribution in [0.3, 0.4) is 0 Å². The maximum atomic E-state index is 5.87. The van der Waals surface area contributed by atoms with E-state index in [4.69, 9.17) is 4.42 Å². The van der Waals surface area contributed by atoms with Gasteiger partial charge >= 0.3 is 11.4 Å². The van der Waals surface area contributed by atoms with Crippen LogP contribution in [0.25, 0.3) is 22.8 Å². The lowest BCUT2D eigenvalue weighted by Crippen LogP contribution is -2.29. The van der Waals surface area contributed by atoms with Crippen molar-refractivity contribution in [3.63, 3.8) is 0 Å². The van der Waals surface area contributed by atoms with Gasteiger partial charge < -0.3 is 4.42 Å². The Morgan fingerprint density at radius 1 is 1.05 bits per heavy atom. The molecule has 3 rings (SSSR count). The van der Waals surface area contributed by atoms with E-state index in [9.17, 15) is 0 Å². The molecular weight excluding hydrogens is 238 g/mol. The molecule has 4 nitrogen and oxygen atoms in total. The van der Waals surface area contributed by atoms with Crippen molar-refractivity contribution in [3.8, 4) is 11.5 Å². The van der Waals surface area contributed by atoms with E-state index in [1.54, 1.807) is 12.4 Å². The smallest absolute Gasteiger partial charge is 0.389 e. The van der Waals surface area contributed by atoms with Gasteiger partial charge in [-0.2, -0.15) is 4.57 Å². The third-order valence-corrected chi connectivity index (χ3v) is 3.50. The number of fused-ring (bicyclic) bond motifs is 1. The first-order valence-corrected chi connectivity index (χ1v) is 6.25. The molecule has 96 valence electrons. The first-order chi connectivity index (χ1) is 9.08. The Bertz CT molecular complexity index is 774. The Kier molecular flexibility index (Phi) is 2.59. The maximum absolute atomic E-state index is 5.87. The maximum Gasteiger partial charge on any atom is 0.389 e. The number of benzene rings is 1. The molecule has 0 atom stereocenters. The minimum absolute atomic E-state index is 0.568. The fourth-order valence-electron chi connectivity index (χ4n) is 2.37. The Labute approximate surface area is 111 Å². The lowest BCUT2D eigenvalue weighted by molar-refractivity contribution is -0.639. The molecule has 0 saturated heterocycles. The summed E-state index contributed by atoms with van der Waals surface area (Å²) in [7, 11) is 1.95. The highest BCUT2D eigenvalue weighted by atomic mass is 16.4. The van der Waals surface area contributed by atoms with Crippen LogP contribution in [0.15, 0.2) is 28.9 Å². The zero-order valence-corrected chi connectivity index (χ0v) is 11.6. The van der Waals surface area contributed by atoms with Crippen molar-refractivity contribution >= 4 is 11.4 Å². The fraction of sp³-hybridized carbons (Fsp3) is 0.267. The van der Waals surface area contributed by atoms with E-state index >= 15 is 0 Å². The topological polar surface area (TPSA) is 42.8 Å². The fourth-order valence-corrected chi connectivity index (χ4v) is 2.37. The van der Waals surface area contributed by atoms with Crippen LogP contribution < -0.4 is 4.57 Å². The van der Waals surface area contributed by atoms with Crippen molar-refractivity contribution in [2.45, 2.75) is 20.8 Å². The molecule has 0 spiro atoms. The van der Waals surface area contributed by atoms with Crippen molar-refractivity contribution < 1.29 is 8.98 Å². The number of nitrogens with zero attached hydrogens (tertiary/aromatic N) is 3. The van der Waals surface area contributed by atoms with Gasteiger partial charge in [-0.1, -0.05) is 6.07 Å². The number of hydrogen-bond donors (Lipinski definition) is 0. The van der Waals surface area contributed by atoms with Crippen molar-refractivity contribution in [2.75, 3.05) is 0 Å². The molecule has 0 amide bonds. The van der Waals surface area contributed by atoms with Crippen LogP contribution in [0.4, 0.5) is 0 Å². The van der Waals surface area contributed by atoms with Crippen LogP contribution in [0.5, 0.6) is 0 Å². The monoisotopic (exact) mass is 254 g/mol. The highest BCUT2D eigenvalue weighted by Gasteiger charge is 2.22. The third kappa shape index (κ3) is 1.80. The molecule has 0 aliphatic rings. The third-order valence-electron chi connectivity index (χ3n) is 3.50. The van der Waals surface area contributed by atoms with Crippen molar-refractivity contribution in [3.05, 3.63) is 41.2 Å². The number of aromatic nitrogens is 3. The summed E-state index contributed by atoms with van der Waals surface area (Å²) >= 11 is 0. The van der Waals surface area contributed by atoms with Gasteiger partial charge in [0.2, 0.25) is 0 Å². The van der Waals surface area contributed by atoms with E-state index in [1.807, 2.05) is 11.6 Å².